The Morgan fingerprint density at radius 2 is 2.13 bits per heavy atom. The van der Waals surface area contributed by atoms with Gasteiger partial charge in [0, 0.05) is 16.2 Å². The normalized spacial score (nSPS) is 9.73. The first kappa shape index (κ1) is 12.0. The number of carbonyl (C=O) groups excluding carboxylic acids is 1. The van der Waals surface area contributed by atoms with Gasteiger partial charge in [-0.15, -0.1) is 0 Å². The lowest BCUT2D eigenvalue weighted by atomic mass is 10.2. The number of nitrogens with zero attached hydrogens (tertiary/aromatic N) is 1. The van der Waals surface area contributed by atoms with Crippen LogP contribution in [0.3, 0.4) is 0 Å². The fourth-order valence-corrected chi connectivity index (χ4v) is 1.66. The van der Waals surface area contributed by atoms with Gasteiger partial charge in [0.25, 0.3) is 5.91 Å². The van der Waals surface area contributed by atoms with Crippen molar-refractivity contribution in [2.45, 2.75) is 0 Å². The molecule has 1 amide bonds. The summed E-state index contributed by atoms with van der Waals surface area (Å²) in [5.41, 5.74) is 0.505. The first-order valence-corrected chi connectivity index (χ1v) is 5.31. The average Bonchev–Trinajstić information content (AvgIpc) is 2.15. The summed E-state index contributed by atoms with van der Waals surface area (Å²) in [6.07, 6.45) is 0. The molecular weight excluding hydrogens is 309 g/mol. The average molecular weight is 319 g/mol. The summed E-state index contributed by atoms with van der Waals surface area (Å²) in [6, 6.07) is 7.03. The van der Waals surface area contributed by atoms with Crippen LogP contribution in [0.2, 0.25) is 0 Å². The minimum atomic E-state index is -1.02. The second-order valence-electron chi connectivity index (χ2n) is 3.07. The lowest BCUT2D eigenvalue weighted by Crippen LogP contribution is -2.31. The Kier molecular flexibility index (Phi) is 4.07. The summed E-state index contributed by atoms with van der Waals surface area (Å²) in [7, 11) is 1.47. The van der Waals surface area contributed by atoms with E-state index >= 15 is 0 Å². The molecule has 1 aromatic carbocycles. The van der Waals surface area contributed by atoms with E-state index in [1.165, 1.54) is 11.9 Å². The zero-order valence-electron chi connectivity index (χ0n) is 8.11. The maximum absolute atomic E-state index is 11.7. The van der Waals surface area contributed by atoms with Crippen LogP contribution in [0.4, 0.5) is 0 Å². The number of carbonyl (C=O) groups is 2. The third-order valence-corrected chi connectivity index (χ3v) is 2.46. The predicted molar refractivity (Wildman–Crippen MR) is 63.8 cm³/mol. The molecule has 0 spiro atoms. The molecule has 0 atom stereocenters. The molecule has 0 aliphatic carbocycles. The maximum Gasteiger partial charge on any atom is 0.323 e. The molecule has 0 saturated heterocycles. The molecule has 0 heterocycles. The fraction of sp³-hybridized carbons (Fsp3) is 0.200. The number of aliphatic carboxylic acids is 1. The molecule has 0 fully saturated rings. The van der Waals surface area contributed by atoms with Crippen LogP contribution in [0.15, 0.2) is 24.3 Å². The van der Waals surface area contributed by atoms with Crippen molar-refractivity contribution in [3.05, 3.63) is 33.4 Å². The van der Waals surface area contributed by atoms with Gasteiger partial charge in [0.15, 0.2) is 0 Å². The van der Waals surface area contributed by atoms with Crippen LogP contribution in [0.1, 0.15) is 10.4 Å². The van der Waals surface area contributed by atoms with E-state index in [9.17, 15) is 9.59 Å². The minimum absolute atomic E-state index is 0.282. The van der Waals surface area contributed by atoms with E-state index in [2.05, 4.69) is 22.6 Å². The predicted octanol–water partition coefficient (Wildman–Crippen LogP) is 1.45. The highest BCUT2D eigenvalue weighted by Crippen LogP contribution is 2.09. The van der Waals surface area contributed by atoms with E-state index in [4.69, 9.17) is 5.11 Å². The summed E-state index contributed by atoms with van der Waals surface area (Å²) in [6.45, 7) is -0.287. The Hall–Kier alpha value is -1.11. The zero-order valence-corrected chi connectivity index (χ0v) is 10.3. The van der Waals surface area contributed by atoms with Crippen LogP contribution >= 0.6 is 22.6 Å². The van der Waals surface area contributed by atoms with Gasteiger partial charge in [0.1, 0.15) is 6.54 Å². The van der Waals surface area contributed by atoms with Crippen molar-refractivity contribution in [3.8, 4) is 0 Å². The minimum Gasteiger partial charge on any atom is -0.480 e. The Balaban J connectivity index is 2.80. The Morgan fingerprint density at radius 1 is 1.47 bits per heavy atom. The van der Waals surface area contributed by atoms with E-state index in [0.717, 1.165) is 3.57 Å². The monoisotopic (exact) mass is 319 g/mol. The Labute approximate surface area is 101 Å². The van der Waals surface area contributed by atoms with Gasteiger partial charge < -0.3 is 10.0 Å². The molecular formula is C10H10INO3. The lowest BCUT2D eigenvalue weighted by Gasteiger charge is -2.14. The highest BCUT2D eigenvalue weighted by atomic mass is 127. The van der Waals surface area contributed by atoms with Crippen molar-refractivity contribution >= 4 is 34.5 Å². The number of amides is 1. The first-order chi connectivity index (χ1) is 7.00. The molecule has 4 nitrogen and oxygen atoms in total. The Morgan fingerprint density at radius 3 is 2.67 bits per heavy atom. The summed E-state index contributed by atoms with van der Waals surface area (Å²) >= 11 is 2.10. The Bertz CT molecular complexity index is 392. The van der Waals surface area contributed by atoms with Crippen molar-refractivity contribution in [1.29, 1.82) is 0 Å². The molecule has 0 bridgehead atoms. The third-order valence-electron chi connectivity index (χ3n) is 1.79. The molecule has 1 N–H and O–H groups in total. The fourth-order valence-electron chi connectivity index (χ4n) is 1.12. The van der Waals surface area contributed by atoms with E-state index in [1.807, 2.05) is 6.07 Å². The molecule has 15 heavy (non-hydrogen) atoms. The van der Waals surface area contributed by atoms with Crippen LogP contribution in [-0.2, 0) is 4.79 Å². The first-order valence-electron chi connectivity index (χ1n) is 4.23. The van der Waals surface area contributed by atoms with Gasteiger partial charge in [-0.25, -0.2) is 0 Å². The van der Waals surface area contributed by atoms with Gasteiger partial charge in [-0.1, -0.05) is 6.07 Å². The zero-order chi connectivity index (χ0) is 11.4. The van der Waals surface area contributed by atoms with Crippen molar-refractivity contribution in [2.75, 3.05) is 13.6 Å². The van der Waals surface area contributed by atoms with Crippen molar-refractivity contribution < 1.29 is 14.7 Å². The standard InChI is InChI=1S/C10H10INO3/c1-12(6-9(13)14)10(15)7-3-2-4-8(11)5-7/h2-5H,6H2,1H3,(H,13,14). The van der Waals surface area contributed by atoms with Gasteiger partial charge in [0.2, 0.25) is 0 Å². The summed E-state index contributed by atoms with van der Waals surface area (Å²) in [5, 5.41) is 8.54. The van der Waals surface area contributed by atoms with Crippen LogP contribution < -0.4 is 0 Å². The van der Waals surface area contributed by atoms with Crippen LogP contribution in [-0.4, -0.2) is 35.5 Å². The number of hydrogen-bond donors (Lipinski definition) is 1. The molecule has 5 heteroatoms. The number of carboxylic acids is 1. The highest BCUT2D eigenvalue weighted by molar-refractivity contribution is 14.1. The van der Waals surface area contributed by atoms with Gasteiger partial charge >= 0.3 is 5.97 Å². The van der Waals surface area contributed by atoms with Crippen molar-refractivity contribution in [1.82, 2.24) is 4.90 Å². The summed E-state index contributed by atoms with van der Waals surface area (Å²) in [5.74, 6) is -1.30. The number of carboxylic acid groups (broad SMARTS) is 1. The quantitative estimate of drug-likeness (QED) is 0.858. The van der Waals surface area contributed by atoms with Crippen LogP contribution in [0.25, 0.3) is 0 Å². The van der Waals surface area contributed by atoms with Crippen LogP contribution in [0, 0.1) is 3.57 Å². The molecule has 0 radical (unpaired) electrons. The SMILES string of the molecule is CN(CC(=O)O)C(=O)c1cccc(I)c1. The highest BCUT2D eigenvalue weighted by Gasteiger charge is 2.13. The van der Waals surface area contributed by atoms with E-state index < -0.39 is 5.97 Å². The van der Waals surface area contributed by atoms with E-state index in [1.54, 1.807) is 18.2 Å². The maximum atomic E-state index is 11.7. The number of hydrogen-bond acceptors (Lipinski definition) is 2. The number of halogens is 1. The van der Waals surface area contributed by atoms with E-state index in [0.29, 0.717) is 5.56 Å². The molecule has 0 aliphatic heterocycles. The van der Waals surface area contributed by atoms with E-state index in [-0.39, 0.29) is 12.5 Å². The summed E-state index contributed by atoms with van der Waals surface area (Å²) in [4.78, 5) is 23.3. The molecule has 0 aliphatic rings. The second kappa shape index (κ2) is 5.11. The molecule has 0 aromatic heterocycles. The molecule has 80 valence electrons. The topological polar surface area (TPSA) is 57.6 Å². The number of likely N-dealkylation sites (N-methyl/N-ethyl adjacent to an activating group) is 1. The van der Waals surface area contributed by atoms with Crippen molar-refractivity contribution in [2.24, 2.45) is 0 Å². The lowest BCUT2D eigenvalue weighted by molar-refractivity contribution is -0.137. The molecule has 1 rings (SSSR count). The summed E-state index contributed by atoms with van der Waals surface area (Å²) < 4.78 is 0.946. The number of benzene rings is 1. The largest absolute Gasteiger partial charge is 0.480 e. The smallest absolute Gasteiger partial charge is 0.323 e. The molecule has 1 aromatic rings. The van der Waals surface area contributed by atoms with Crippen molar-refractivity contribution in [3.63, 3.8) is 0 Å². The number of rotatable bonds is 3. The van der Waals surface area contributed by atoms with Gasteiger partial charge in [-0.05, 0) is 40.8 Å². The van der Waals surface area contributed by atoms with Gasteiger partial charge in [-0.3, -0.25) is 9.59 Å². The van der Waals surface area contributed by atoms with Gasteiger partial charge in [-0.2, -0.15) is 0 Å². The van der Waals surface area contributed by atoms with Crippen LogP contribution in [0.5, 0.6) is 0 Å². The van der Waals surface area contributed by atoms with Gasteiger partial charge in [0.05, 0.1) is 0 Å². The molecule has 0 saturated carbocycles. The second-order valence-corrected chi connectivity index (χ2v) is 4.31. The molecule has 0 unspecified atom stereocenters. The third kappa shape index (κ3) is 3.50.